The minimum Gasteiger partial charge on any atom is -0.466 e. The summed E-state index contributed by atoms with van der Waals surface area (Å²) >= 11 is 0. The summed E-state index contributed by atoms with van der Waals surface area (Å²) in [4.78, 5) is 11.8. The van der Waals surface area contributed by atoms with Gasteiger partial charge in [-0.2, -0.15) is 5.26 Å². The molecule has 1 saturated heterocycles. The fourth-order valence-electron chi connectivity index (χ4n) is 3.36. The van der Waals surface area contributed by atoms with Gasteiger partial charge in [0, 0.05) is 0 Å². The van der Waals surface area contributed by atoms with Crippen molar-refractivity contribution >= 4 is 14.0 Å². The lowest BCUT2D eigenvalue weighted by atomic mass is 9.85. The molecule has 0 radical (unpaired) electrons. The van der Waals surface area contributed by atoms with Gasteiger partial charge in [-0.3, -0.25) is 4.79 Å². The topological polar surface area (TPSA) is 50.1 Å². The first kappa shape index (κ1) is 16.2. The fourth-order valence-corrected chi connectivity index (χ4v) is 8.26. The van der Waals surface area contributed by atoms with E-state index in [1.165, 1.54) is 31.4 Å². The van der Waals surface area contributed by atoms with Crippen LogP contribution in [0.3, 0.4) is 0 Å². The van der Waals surface area contributed by atoms with Crippen LogP contribution in [0.5, 0.6) is 0 Å². The molecule has 0 aromatic heterocycles. The number of hydrogen-bond donors (Lipinski definition) is 0. The average molecular weight is 281 g/mol. The number of esters is 1. The maximum atomic E-state index is 11.8. The molecule has 1 aliphatic rings. The van der Waals surface area contributed by atoms with E-state index in [0.29, 0.717) is 6.61 Å². The van der Waals surface area contributed by atoms with Gasteiger partial charge in [-0.15, -0.1) is 0 Å². The van der Waals surface area contributed by atoms with Crippen molar-refractivity contribution in [2.45, 2.75) is 70.6 Å². The van der Waals surface area contributed by atoms with Crippen LogP contribution in [0.4, 0.5) is 0 Å². The van der Waals surface area contributed by atoms with Gasteiger partial charge in [0.15, 0.2) is 0 Å². The summed E-state index contributed by atoms with van der Waals surface area (Å²) in [6.07, 6.45) is 4.99. The maximum Gasteiger partial charge on any atom is 0.307 e. The standard InChI is InChI=1S/C15H27NO2Si/c1-4-15(12-16,11-14(17)18-5-2)13-19(3)9-7-6-8-10-19/h4-11,13H2,1-3H3. The third kappa shape index (κ3) is 4.65. The minimum absolute atomic E-state index is 0.209. The summed E-state index contributed by atoms with van der Waals surface area (Å²) in [5.74, 6) is -0.209. The van der Waals surface area contributed by atoms with E-state index < -0.39 is 13.5 Å². The molecule has 0 spiro atoms. The molecule has 19 heavy (non-hydrogen) atoms. The molecule has 1 unspecified atom stereocenters. The molecule has 1 fully saturated rings. The molecule has 1 heterocycles. The van der Waals surface area contributed by atoms with Crippen molar-refractivity contribution in [2.24, 2.45) is 5.41 Å². The number of hydrogen-bond acceptors (Lipinski definition) is 3. The van der Waals surface area contributed by atoms with Gasteiger partial charge in [0.1, 0.15) is 0 Å². The number of ether oxygens (including phenoxy) is 1. The van der Waals surface area contributed by atoms with Gasteiger partial charge in [0.05, 0.1) is 32.6 Å². The third-order valence-corrected chi connectivity index (χ3v) is 9.18. The van der Waals surface area contributed by atoms with E-state index in [1.807, 2.05) is 13.8 Å². The van der Waals surface area contributed by atoms with Crippen LogP contribution in [0.25, 0.3) is 0 Å². The Morgan fingerprint density at radius 3 is 2.42 bits per heavy atom. The zero-order valence-corrected chi connectivity index (χ0v) is 13.6. The molecule has 1 atom stereocenters. The van der Waals surface area contributed by atoms with Gasteiger partial charge in [0.2, 0.25) is 0 Å². The summed E-state index contributed by atoms with van der Waals surface area (Å²) in [5, 5.41) is 9.60. The Balaban J connectivity index is 2.75. The van der Waals surface area contributed by atoms with E-state index in [1.54, 1.807) is 0 Å². The molecule has 1 rings (SSSR count). The Kier molecular flexibility index (Phi) is 6.06. The smallest absolute Gasteiger partial charge is 0.307 e. The van der Waals surface area contributed by atoms with Crippen molar-refractivity contribution < 1.29 is 9.53 Å². The van der Waals surface area contributed by atoms with Crippen LogP contribution in [0, 0.1) is 16.7 Å². The van der Waals surface area contributed by atoms with Crippen molar-refractivity contribution in [1.29, 1.82) is 5.26 Å². The predicted octanol–water partition coefficient (Wildman–Crippen LogP) is 4.12. The molecule has 0 aromatic rings. The van der Waals surface area contributed by atoms with E-state index in [4.69, 9.17) is 4.74 Å². The van der Waals surface area contributed by atoms with Gasteiger partial charge in [-0.25, -0.2) is 0 Å². The molecular formula is C15H27NO2Si. The summed E-state index contributed by atoms with van der Waals surface area (Å²) in [6, 6.07) is 6.06. The molecular weight excluding hydrogens is 254 g/mol. The molecule has 4 heteroatoms. The third-order valence-electron chi connectivity index (χ3n) is 4.53. The van der Waals surface area contributed by atoms with Crippen LogP contribution in [-0.2, 0) is 9.53 Å². The van der Waals surface area contributed by atoms with Crippen LogP contribution in [0.2, 0.25) is 24.7 Å². The minimum atomic E-state index is -1.33. The van der Waals surface area contributed by atoms with E-state index in [9.17, 15) is 10.1 Å². The van der Waals surface area contributed by atoms with Crippen molar-refractivity contribution in [1.82, 2.24) is 0 Å². The lowest BCUT2D eigenvalue weighted by Gasteiger charge is -2.38. The Morgan fingerprint density at radius 2 is 1.95 bits per heavy atom. The van der Waals surface area contributed by atoms with Crippen LogP contribution in [-0.4, -0.2) is 20.7 Å². The zero-order chi connectivity index (χ0) is 14.4. The maximum absolute atomic E-state index is 11.8. The van der Waals surface area contributed by atoms with E-state index in [0.717, 1.165) is 12.5 Å². The van der Waals surface area contributed by atoms with Gasteiger partial charge in [0.25, 0.3) is 0 Å². The average Bonchev–Trinajstić information content (AvgIpc) is 2.38. The van der Waals surface area contributed by atoms with Crippen LogP contribution in [0.15, 0.2) is 0 Å². The monoisotopic (exact) mass is 281 g/mol. The zero-order valence-electron chi connectivity index (χ0n) is 12.6. The second-order valence-corrected chi connectivity index (χ2v) is 11.3. The number of rotatable bonds is 6. The number of nitrogens with zero attached hydrogens (tertiary/aromatic N) is 1. The summed E-state index contributed by atoms with van der Waals surface area (Å²) < 4.78 is 5.05. The first-order valence-corrected chi connectivity index (χ1v) is 10.7. The summed E-state index contributed by atoms with van der Waals surface area (Å²) in [5.41, 5.74) is -0.482. The van der Waals surface area contributed by atoms with Crippen LogP contribution < -0.4 is 0 Å². The first-order valence-electron chi connectivity index (χ1n) is 7.56. The SMILES string of the molecule is CCOC(=O)CC(C#N)(CC)C[Si]1(C)CCCCC1. The fraction of sp³-hybridized carbons (Fsp3) is 0.867. The molecule has 108 valence electrons. The summed E-state index contributed by atoms with van der Waals surface area (Å²) in [7, 11) is -1.33. The molecule has 0 bridgehead atoms. The van der Waals surface area contributed by atoms with Gasteiger partial charge in [-0.05, 0) is 19.4 Å². The Labute approximate surface area is 118 Å². The van der Waals surface area contributed by atoms with E-state index >= 15 is 0 Å². The second-order valence-electron chi connectivity index (χ2n) is 6.28. The highest BCUT2D eigenvalue weighted by atomic mass is 28.3. The molecule has 0 N–H and O–H groups in total. The molecule has 0 amide bonds. The summed E-state index contributed by atoms with van der Waals surface area (Å²) in [6.45, 7) is 6.66. The van der Waals surface area contributed by atoms with Crippen LogP contribution >= 0.6 is 0 Å². The van der Waals surface area contributed by atoms with Gasteiger partial charge < -0.3 is 4.74 Å². The molecule has 3 nitrogen and oxygen atoms in total. The second kappa shape index (κ2) is 7.09. The van der Waals surface area contributed by atoms with E-state index in [2.05, 4.69) is 12.6 Å². The highest BCUT2D eigenvalue weighted by molar-refractivity contribution is 6.79. The highest BCUT2D eigenvalue weighted by Crippen LogP contribution is 2.42. The lowest BCUT2D eigenvalue weighted by molar-refractivity contribution is -0.144. The van der Waals surface area contributed by atoms with Crippen molar-refractivity contribution in [3.8, 4) is 6.07 Å². The molecule has 1 aliphatic heterocycles. The van der Waals surface area contributed by atoms with Crippen molar-refractivity contribution in [3.63, 3.8) is 0 Å². The Morgan fingerprint density at radius 1 is 1.32 bits per heavy atom. The van der Waals surface area contributed by atoms with E-state index in [-0.39, 0.29) is 12.4 Å². The number of carbonyl (C=O) groups excluding carboxylic acids is 1. The molecule has 0 aromatic carbocycles. The number of carbonyl (C=O) groups is 1. The Bertz CT molecular complexity index is 345. The number of nitriles is 1. The lowest BCUT2D eigenvalue weighted by Crippen LogP contribution is -2.39. The molecule has 0 aliphatic carbocycles. The predicted molar refractivity (Wildman–Crippen MR) is 79.5 cm³/mol. The quantitative estimate of drug-likeness (QED) is 0.543. The normalized spacial score (nSPS) is 21.2. The van der Waals surface area contributed by atoms with Crippen molar-refractivity contribution in [2.75, 3.05) is 6.61 Å². The highest BCUT2D eigenvalue weighted by Gasteiger charge is 2.41. The Hall–Kier alpha value is -0.823. The largest absolute Gasteiger partial charge is 0.466 e. The van der Waals surface area contributed by atoms with Crippen molar-refractivity contribution in [3.05, 3.63) is 0 Å². The van der Waals surface area contributed by atoms with Gasteiger partial charge >= 0.3 is 5.97 Å². The molecule has 0 saturated carbocycles. The first-order chi connectivity index (χ1) is 8.99. The van der Waals surface area contributed by atoms with Crippen LogP contribution in [0.1, 0.15) is 46.0 Å². The van der Waals surface area contributed by atoms with Gasteiger partial charge in [-0.1, -0.05) is 44.8 Å².